The first kappa shape index (κ1) is 25.1. The molecule has 0 saturated heterocycles. The van der Waals surface area contributed by atoms with Gasteiger partial charge >= 0.3 is 12.2 Å². The maximum Gasteiger partial charge on any atom is 0.433 e. The van der Waals surface area contributed by atoms with E-state index in [2.05, 4.69) is 35.7 Å². The monoisotopic (exact) mass is 473 g/mol. The molecule has 4 aliphatic rings. The van der Waals surface area contributed by atoms with Gasteiger partial charge in [-0.3, -0.25) is 4.84 Å². The lowest BCUT2D eigenvalue weighted by molar-refractivity contribution is -0.0241. The van der Waals surface area contributed by atoms with Crippen molar-refractivity contribution in [3.8, 4) is 0 Å². The molecule has 2 N–H and O–H groups in total. The summed E-state index contributed by atoms with van der Waals surface area (Å²) in [5.74, 6) is 1.86. The Hall–Kier alpha value is -2.05. The summed E-state index contributed by atoms with van der Waals surface area (Å²) < 4.78 is 5.75. The molecule has 0 radical (unpaired) electrons. The Labute approximate surface area is 204 Å². The number of nitrogens with one attached hydrogen (secondary N) is 2. The second-order valence-corrected chi connectivity index (χ2v) is 12.0. The Morgan fingerprint density at radius 2 is 1.62 bits per heavy atom. The molecule has 0 aromatic rings. The Kier molecular flexibility index (Phi) is 7.03. The summed E-state index contributed by atoms with van der Waals surface area (Å²) >= 11 is 0. The van der Waals surface area contributed by atoms with E-state index in [1.807, 2.05) is 27.7 Å². The average molecular weight is 474 g/mol. The summed E-state index contributed by atoms with van der Waals surface area (Å²) in [6.45, 7) is 12.5. The highest BCUT2D eigenvalue weighted by molar-refractivity contribution is 5.92. The van der Waals surface area contributed by atoms with Crippen LogP contribution < -0.4 is 10.6 Å². The van der Waals surface area contributed by atoms with Crippen LogP contribution in [0.5, 0.6) is 0 Å². The third-order valence-corrected chi connectivity index (χ3v) is 9.13. The topological polar surface area (TPSA) is 89.0 Å². The molecule has 4 rings (SSSR count). The van der Waals surface area contributed by atoms with Crippen molar-refractivity contribution in [2.45, 2.75) is 111 Å². The minimum absolute atomic E-state index is 0.0101. The summed E-state index contributed by atoms with van der Waals surface area (Å²) in [6, 6.07) is 0.117. The number of carbonyl (C=O) groups excluding carboxylic acids is 2. The van der Waals surface area contributed by atoms with E-state index < -0.39 is 6.09 Å². The van der Waals surface area contributed by atoms with Crippen molar-refractivity contribution in [1.29, 1.82) is 0 Å². The van der Waals surface area contributed by atoms with Gasteiger partial charge in [-0.2, -0.15) is 0 Å². The number of alkyl carbamates (subject to hydrolysis) is 1. The van der Waals surface area contributed by atoms with Crippen LogP contribution in [0.2, 0.25) is 0 Å². The average Bonchev–Trinajstić information content (AvgIpc) is 3.07. The molecule has 4 aliphatic carbocycles. The van der Waals surface area contributed by atoms with Crippen molar-refractivity contribution in [2.75, 3.05) is 0 Å². The number of fused-ring (bicyclic) bond motifs is 5. The van der Waals surface area contributed by atoms with E-state index in [9.17, 15) is 9.59 Å². The fraction of sp³-hybridized carbons (Fsp3) is 0.815. The number of amides is 2. The maximum atomic E-state index is 12.1. The smallest absolute Gasteiger partial charge is 0.433 e. The maximum absolute atomic E-state index is 12.1. The van der Waals surface area contributed by atoms with Crippen LogP contribution in [-0.4, -0.2) is 36.1 Å². The largest absolute Gasteiger partial charge is 0.446 e. The van der Waals surface area contributed by atoms with Crippen LogP contribution in [0.3, 0.4) is 0 Å². The quantitative estimate of drug-likeness (QED) is 0.300. The summed E-state index contributed by atoms with van der Waals surface area (Å²) in [5.41, 5.74) is 2.75. The lowest BCUT2D eigenvalue weighted by Crippen LogP contribution is -2.51. The predicted molar refractivity (Wildman–Crippen MR) is 132 cm³/mol. The number of rotatable bonds is 4. The molecule has 0 aromatic heterocycles. The first-order valence-electron chi connectivity index (χ1n) is 13.2. The van der Waals surface area contributed by atoms with Crippen molar-refractivity contribution >= 4 is 17.9 Å². The fourth-order valence-electron chi connectivity index (χ4n) is 7.45. The summed E-state index contributed by atoms with van der Waals surface area (Å²) in [4.78, 5) is 29.3. The van der Waals surface area contributed by atoms with Crippen molar-refractivity contribution in [3.63, 3.8) is 0 Å². The molecule has 0 aliphatic heterocycles. The van der Waals surface area contributed by atoms with E-state index in [0.29, 0.717) is 17.8 Å². The zero-order valence-corrected chi connectivity index (χ0v) is 21.8. The van der Waals surface area contributed by atoms with Gasteiger partial charge in [0.1, 0.15) is 6.10 Å². The lowest BCUT2D eigenvalue weighted by Gasteiger charge is -2.57. The third kappa shape index (κ3) is 4.72. The molecule has 0 aromatic carbocycles. The molecule has 3 saturated carbocycles. The minimum Gasteiger partial charge on any atom is -0.446 e. The highest BCUT2D eigenvalue weighted by Gasteiger charge is 2.58. The number of carbonyl (C=O) groups is 2. The van der Waals surface area contributed by atoms with Crippen molar-refractivity contribution < 1.29 is 19.2 Å². The van der Waals surface area contributed by atoms with Gasteiger partial charge in [-0.05, 0) is 95.8 Å². The first-order valence-corrected chi connectivity index (χ1v) is 13.2. The molecule has 0 unspecified atom stereocenters. The molecule has 7 nitrogen and oxygen atoms in total. The highest BCUT2D eigenvalue weighted by Crippen LogP contribution is 2.64. The van der Waals surface area contributed by atoms with E-state index in [1.54, 1.807) is 0 Å². The molecule has 6 atom stereocenters. The van der Waals surface area contributed by atoms with E-state index in [-0.39, 0.29) is 35.1 Å². The predicted octanol–water partition coefficient (Wildman–Crippen LogP) is 5.94. The number of hydrogen-bond donors (Lipinski definition) is 2. The first-order chi connectivity index (χ1) is 16.0. The van der Waals surface area contributed by atoms with Crippen LogP contribution in [0.25, 0.3) is 0 Å². The molecule has 0 spiro atoms. The SMILES string of the molecule is CC(C)NC(=O)O/N=C1/CC[C@H]2[C@@H]3CC=C4C[C@@H](OC(=O)NC(C)C)CC[C@]4(C)[C@H]3CC[C@]12C. The second kappa shape index (κ2) is 9.54. The summed E-state index contributed by atoms with van der Waals surface area (Å²) in [6.07, 6.45) is 9.90. The van der Waals surface area contributed by atoms with E-state index in [4.69, 9.17) is 9.57 Å². The molecule has 0 bridgehead atoms. The number of hydrogen-bond acceptors (Lipinski definition) is 5. The van der Waals surface area contributed by atoms with Gasteiger partial charge in [-0.1, -0.05) is 30.7 Å². The van der Waals surface area contributed by atoms with E-state index in [0.717, 1.165) is 50.7 Å². The molecular weight excluding hydrogens is 430 g/mol. The van der Waals surface area contributed by atoms with E-state index in [1.165, 1.54) is 12.0 Å². The van der Waals surface area contributed by atoms with Crippen molar-refractivity contribution in [3.05, 3.63) is 11.6 Å². The molecular formula is C27H43N3O4. The van der Waals surface area contributed by atoms with Gasteiger partial charge in [0.25, 0.3) is 0 Å². The standard InChI is InChI=1S/C27H43N3O4/c1-16(2)28-24(31)33-19-11-13-26(5)18(15-19)7-8-20-21-9-10-23(27(21,6)14-12-22(20)26)30-34-25(32)29-17(3)4/h7,16-17,19-22H,8-15H2,1-6H3,(H,28,31)(H,29,32)/b30-23-/t19-,20-,21-,22-,26-,27-/m0/s1. The molecule has 34 heavy (non-hydrogen) atoms. The number of ether oxygens (including phenoxy) is 1. The van der Waals surface area contributed by atoms with Gasteiger partial charge < -0.3 is 15.4 Å². The number of nitrogens with zero attached hydrogens (tertiary/aromatic N) is 1. The fourth-order valence-corrected chi connectivity index (χ4v) is 7.45. The van der Waals surface area contributed by atoms with Gasteiger partial charge in [-0.25, -0.2) is 9.59 Å². The van der Waals surface area contributed by atoms with Gasteiger partial charge in [0.2, 0.25) is 0 Å². The van der Waals surface area contributed by atoms with Crippen LogP contribution in [0.1, 0.15) is 92.9 Å². The highest BCUT2D eigenvalue weighted by atomic mass is 16.7. The van der Waals surface area contributed by atoms with Gasteiger partial charge in [-0.15, -0.1) is 0 Å². The summed E-state index contributed by atoms with van der Waals surface area (Å²) in [7, 11) is 0. The third-order valence-electron chi connectivity index (χ3n) is 9.13. The second-order valence-electron chi connectivity index (χ2n) is 12.0. The van der Waals surface area contributed by atoms with Crippen LogP contribution in [0, 0.1) is 28.6 Å². The number of oxime groups is 1. The van der Waals surface area contributed by atoms with E-state index >= 15 is 0 Å². The van der Waals surface area contributed by atoms with Gasteiger partial charge in [0.05, 0.1) is 5.71 Å². The number of allylic oxidation sites excluding steroid dienone is 1. The summed E-state index contributed by atoms with van der Waals surface area (Å²) in [5, 5.41) is 9.96. The zero-order valence-electron chi connectivity index (χ0n) is 21.8. The normalized spacial score (nSPS) is 38.0. The van der Waals surface area contributed by atoms with Gasteiger partial charge in [0.15, 0.2) is 0 Å². The van der Waals surface area contributed by atoms with Crippen LogP contribution >= 0.6 is 0 Å². The molecule has 7 heteroatoms. The van der Waals surface area contributed by atoms with Crippen LogP contribution in [0.15, 0.2) is 16.8 Å². The Morgan fingerprint density at radius 1 is 0.971 bits per heavy atom. The minimum atomic E-state index is -0.470. The van der Waals surface area contributed by atoms with Gasteiger partial charge in [0, 0.05) is 23.9 Å². The molecule has 2 amide bonds. The molecule has 190 valence electrons. The molecule has 0 heterocycles. The zero-order chi connectivity index (χ0) is 24.7. The lowest BCUT2D eigenvalue weighted by atomic mass is 9.48. The van der Waals surface area contributed by atoms with Crippen molar-refractivity contribution in [2.24, 2.45) is 33.7 Å². The Balaban J connectivity index is 1.45. The van der Waals surface area contributed by atoms with Crippen molar-refractivity contribution in [1.82, 2.24) is 10.6 Å². The Bertz CT molecular complexity index is 866. The Morgan fingerprint density at radius 3 is 2.32 bits per heavy atom. The van der Waals surface area contributed by atoms with Crippen LogP contribution in [0.4, 0.5) is 9.59 Å². The van der Waals surface area contributed by atoms with Crippen LogP contribution in [-0.2, 0) is 9.57 Å². The molecule has 3 fully saturated rings.